The quantitative estimate of drug-likeness (QED) is 0.706. The Balaban J connectivity index is 2.48. The molecule has 14 heavy (non-hydrogen) atoms. The van der Waals surface area contributed by atoms with E-state index in [4.69, 9.17) is 4.74 Å². The third-order valence-electron chi connectivity index (χ3n) is 3.11. The molecule has 0 amide bonds. The van der Waals surface area contributed by atoms with Gasteiger partial charge in [-0.05, 0) is 25.2 Å². The van der Waals surface area contributed by atoms with Gasteiger partial charge in [-0.15, -0.1) is 0 Å². The van der Waals surface area contributed by atoms with Crippen molar-refractivity contribution in [1.82, 2.24) is 0 Å². The Hall–Kier alpha value is -0.570. The Bertz CT molecular complexity index is 191. The Morgan fingerprint density at radius 3 is 2.71 bits per heavy atom. The highest BCUT2D eigenvalue weighted by Gasteiger charge is 2.32. The van der Waals surface area contributed by atoms with Crippen molar-refractivity contribution in [2.24, 2.45) is 11.8 Å². The molecule has 0 aromatic heterocycles. The molecular formula is C11H20O3. The van der Waals surface area contributed by atoms with E-state index in [9.17, 15) is 9.90 Å². The van der Waals surface area contributed by atoms with Crippen LogP contribution in [0.15, 0.2) is 0 Å². The molecule has 3 atom stereocenters. The van der Waals surface area contributed by atoms with Crippen LogP contribution < -0.4 is 0 Å². The van der Waals surface area contributed by atoms with Crippen LogP contribution >= 0.6 is 0 Å². The zero-order valence-corrected chi connectivity index (χ0v) is 9.03. The summed E-state index contributed by atoms with van der Waals surface area (Å²) in [5.41, 5.74) is 0. The SMILES string of the molecule is CCOC(=O)C(O)C1CCCCC1C. The van der Waals surface area contributed by atoms with Gasteiger partial charge < -0.3 is 9.84 Å². The summed E-state index contributed by atoms with van der Waals surface area (Å²) < 4.78 is 4.82. The van der Waals surface area contributed by atoms with Gasteiger partial charge in [0.1, 0.15) is 0 Å². The molecule has 1 rings (SSSR count). The topological polar surface area (TPSA) is 46.5 Å². The molecule has 0 aromatic rings. The first-order chi connectivity index (χ1) is 6.66. The number of esters is 1. The van der Waals surface area contributed by atoms with E-state index in [-0.39, 0.29) is 5.92 Å². The maximum Gasteiger partial charge on any atom is 0.335 e. The van der Waals surface area contributed by atoms with Gasteiger partial charge in [0.15, 0.2) is 6.10 Å². The fraction of sp³-hybridized carbons (Fsp3) is 0.909. The number of carbonyl (C=O) groups is 1. The molecule has 0 aromatic carbocycles. The number of ether oxygens (including phenoxy) is 1. The summed E-state index contributed by atoms with van der Waals surface area (Å²) in [6, 6.07) is 0. The monoisotopic (exact) mass is 200 g/mol. The molecule has 1 saturated carbocycles. The predicted molar refractivity (Wildman–Crippen MR) is 53.8 cm³/mol. The zero-order valence-electron chi connectivity index (χ0n) is 9.03. The van der Waals surface area contributed by atoms with Gasteiger partial charge in [0.2, 0.25) is 0 Å². The van der Waals surface area contributed by atoms with Crippen molar-refractivity contribution in [1.29, 1.82) is 0 Å². The van der Waals surface area contributed by atoms with Gasteiger partial charge in [-0.3, -0.25) is 0 Å². The second-order valence-corrected chi connectivity index (χ2v) is 4.12. The second-order valence-electron chi connectivity index (χ2n) is 4.12. The number of hydrogen-bond acceptors (Lipinski definition) is 3. The maximum absolute atomic E-state index is 11.3. The average Bonchev–Trinajstić information content (AvgIpc) is 2.18. The van der Waals surface area contributed by atoms with Crippen molar-refractivity contribution >= 4 is 5.97 Å². The lowest BCUT2D eigenvalue weighted by Gasteiger charge is -2.31. The van der Waals surface area contributed by atoms with E-state index in [0.29, 0.717) is 12.5 Å². The third kappa shape index (κ3) is 2.71. The molecule has 3 heteroatoms. The molecule has 0 saturated heterocycles. The van der Waals surface area contributed by atoms with Crippen molar-refractivity contribution in [3.8, 4) is 0 Å². The van der Waals surface area contributed by atoms with Crippen LogP contribution in [0, 0.1) is 11.8 Å². The van der Waals surface area contributed by atoms with Gasteiger partial charge in [-0.1, -0.05) is 26.2 Å². The highest BCUT2D eigenvalue weighted by Crippen LogP contribution is 2.32. The van der Waals surface area contributed by atoms with Crippen molar-refractivity contribution < 1.29 is 14.6 Å². The van der Waals surface area contributed by atoms with Gasteiger partial charge in [0.25, 0.3) is 0 Å². The van der Waals surface area contributed by atoms with E-state index in [1.165, 1.54) is 6.42 Å². The van der Waals surface area contributed by atoms with Gasteiger partial charge in [0, 0.05) is 0 Å². The van der Waals surface area contributed by atoms with Gasteiger partial charge in [0.05, 0.1) is 6.61 Å². The molecule has 0 aliphatic heterocycles. The number of carbonyl (C=O) groups excluding carboxylic acids is 1. The van der Waals surface area contributed by atoms with E-state index in [0.717, 1.165) is 19.3 Å². The van der Waals surface area contributed by atoms with Crippen molar-refractivity contribution in [3.05, 3.63) is 0 Å². The Labute approximate surface area is 85.5 Å². The lowest BCUT2D eigenvalue weighted by atomic mass is 9.77. The summed E-state index contributed by atoms with van der Waals surface area (Å²) in [6.07, 6.45) is 3.48. The van der Waals surface area contributed by atoms with Crippen LogP contribution in [0.3, 0.4) is 0 Å². The minimum atomic E-state index is -0.912. The van der Waals surface area contributed by atoms with E-state index in [1.54, 1.807) is 6.92 Å². The molecule has 82 valence electrons. The van der Waals surface area contributed by atoms with Crippen LogP contribution in [-0.4, -0.2) is 23.8 Å². The Morgan fingerprint density at radius 1 is 1.50 bits per heavy atom. The molecule has 3 nitrogen and oxygen atoms in total. The summed E-state index contributed by atoms with van der Waals surface area (Å²) in [4.78, 5) is 11.3. The van der Waals surface area contributed by atoms with Gasteiger partial charge >= 0.3 is 5.97 Å². The number of rotatable bonds is 3. The largest absolute Gasteiger partial charge is 0.464 e. The molecule has 1 aliphatic carbocycles. The average molecular weight is 200 g/mol. The molecular weight excluding hydrogens is 180 g/mol. The number of hydrogen-bond donors (Lipinski definition) is 1. The maximum atomic E-state index is 11.3. The molecule has 0 spiro atoms. The first kappa shape index (κ1) is 11.5. The third-order valence-corrected chi connectivity index (χ3v) is 3.11. The molecule has 0 heterocycles. The molecule has 1 N–H and O–H groups in total. The minimum Gasteiger partial charge on any atom is -0.464 e. The van der Waals surface area contributed by atoms with E-state index >= 15 is 0 Å². The molecule has 0 radical (unpaired) electrons. The summed E-state index contributed by atoms with van der Waals surface area (Å²) in [5.74, 6) is 0.0807. The fourth-order valence-electron chi connectivity index (χ4n) is 2.22. The number of aliphatic hydroxyl groups excluding tert-OH is 1. The first-order valence-corrected chi connectivity index (χ1v) is 5.51. The van der Waals surface area contributed by atoms with Crippen LogP contribution in [0.1, 0.15) is 39.5 Å². The normalized spacial score (nSPS) is 29.6. The highest BCUT2D eigenvalue weighted by atomic mass is 16.5. The summed E-state index contributed by atoms with van der Waals surface area (Å²) in [6.45, 7) is 4.21. The standard InChI is InChI=1S/C11H20O3/c1-3-14-11(13)10(12)9-7-5-4-6-8(9)2/h8-10,12H,3-7H2,1-2H3. The minimum absolute atomic E-state index is 0.0998. The lowest BCUT2D eigenvalue weighted by molar-refractivity contribution is -0.158. The molecule has 1 aliphatic rings. The summed E-state index contributed by atoms with van der Waals surface area (Å²) in [7, 11) is 0. The second kappa shape index (κ2) is 5.35. The van der Waals surface area contributed by atoms with Crippen LogP contribution in [0.5, 0.6) is 0 Å². The molecule has 0 bridgehead atoms. The zero-order chi connectivity index (χ0) is 10.6. The van der Waals surface area contributed by atoms with E-state index in [1.807, 2.05) is 0 Å². The van der Waals surface area contributed by atoms with Gasteiger partial charge in [-0.25, -0.2) is 4.79 Å². The smallest absolute Gasteiger partial charge is 0.335 e. The van der Waals surface area contributed by atoms with E-state index in [2.05, 4.69) is 6.92 Å². The Kier molecular flexibility index (Phi) is 4.39. The van der Waals surface area contributed by atoms with Crippen molar-refractivity contribution in [2.45, 2.75) is 45.6 Å². The summed E-state index contributed by atoms with van der Waals surface area (Å²) in [5, 5.41) is 9.77. The van der Waals surface area contributed by atoms with Crippen molar-refractivity contribution in [3.63, 3.8) is 0 Å². The fourth-order valence-corrected chi connectivity index (χ4v) is 2.22. The summed E-state index contributed by atoms with van der Waals surface area (Å²) >= 11 is 0. The van der Waals surface area contributed by atoms with Crippen molar-refractivity contribution in [2.75, 3.05) is 6.61 Å². The van der Waals surface area contributed by atoms with Gasteiger partial charge in [-0.2, -0.15) is 0 Å². The predicted octanol–water partition coefficient (Wildman–Crippen LogP) is 1.74. The van der Waals surface area contributed by atoms with E-state index < -0.39 is 12.1 Å². The Morgan fingerprint density at radius 2 is 2.14 bits per heavy atom. The highest BCUT2D eigenvalue weighted by molar-refractivity contribution is 5.74. The lowest BCUT2D eigenvalue weighted by Crippen LogP contribution is -2.36. The van der Waals surface area contributed by atoms with Crippen LogP contribution in [0.2, 0.25) is 0 Å². The van der Waals surface area contributed by atoms with Crippen LogP contribution in [0.4, 0.5) is 0 Å². The first-order valence-electron chi connectivity index (χ1n) is 5.51. The molecule has 1 fully saturated rings. The number of aliphatic hydroxyl groups is 1. The molecule has 3 unspecified atom stereocenters. The van der Waals surface area contributed by atoms with Crippen LogP contribution in [0.25, 0.3) is 0 Å². The van der Waals surface area contributed by atoms with Crippen LogP contribution in [-0.2, 0) is 9.53 Å².